The SMILES string of the molecule is CCOc1ccc(C(=O)NCc2ccco2)cc1COc1ccc(C(C)(C)C)cc1. The number of amides is 1. The van der Waals surface area contributed by atoms with Crippen molar-refractivity contribution in [2.24, 2.45) is 0 Å². The normalized spacial score (nSPS) is 11.2. The number of rotatable bonds is 8. The third-order valence-electron chi connectivity index (χ3n) is 4.74. The lowest BCUT2D eigenvalue weighted by Gasteiger charge is -2.19. The number of hydrogen-bond acceptors (Lipinski definition) is 4. The molecule has 0 saturated carbocycles. The molecule has 5 nitrogen and oxygen atoms in total. The van der Waals surface area contributed by atoms with Crippen LogP contribution in [-0.2, 0) is 18.6 Å². The van der Waals surface area contributed by atoms with Gasteiger partial charge in [-0.25, -0.2) is 0 Å². The second kappa shape index (κ2) is 9.53. The number of furan rings is 1. The fourth-order valence-electron chi connectivity index (χ4n) is 3.02. The monoisotopic (exact) mass is 407 g/mol. The first-order valence-corrected chi connectivity index (χ1v) is 10.2. The van der Waals surface area contributed by atoms with E-state index < -0.39 is 0 Å². The zero-order valence-electron chi connectivity index (χ0n) is 18.0. The molecule has 1 amide bonds. The van der Waals surface area contributed by atoms with E-state index >= 15 is 0 Å². The van der Waals surface area contributed by atoms with Gasteiger partial charge in [-0.1, -0.05) is 32.9 Å². The molecule has 5 heteroatoms. The average Bonchev–Trinajstić information content (AvgIpc) is 3.25. The summed E-state index contributed by atoms with van der Waals surface area (Å²) in [5, 5.41) is 2.86. The van der Waals surface area contributed by atoms with Gasteiger partial charge in [0.1, 0.15) is 23.9 Å². The van der Waals surface area contributed by atoms with E-state index in [9.17, 15) is 4.79 Å². The summed E-state index contributed by atoms with van der Waals surface area (Å²) in [7, 11) is 0. The Hall–Kier alpha value is -3.21. The van der Waals surface area contributed by atoms with Crippen LogP contribution in [0.5, 0.6) is 11.5 Å². The minimum absolute atomic E-state index is 0.0952. The summed E-state index contributed by atoms with van der Waals surface area (Å²) in [6, 6.07) is 17.1. The molecule has 1 N–H and O–H groups in total. The molecule has 0 bridgehead atoms. The van der Waals surface area contributed by atoms with Gasteiger partial charge in [0.2, 0.25) is 0 Å². The Bertz CT molecular complexity index is 954. The van der Waals surface area contributed by atoms with Gasteiger partial charge in [-0.15, -0.1) is 0 Å². The Morgan fingerprint density at radius 3 is 2.43 bits per heavy atom. The van der Waals surface area contributed by atoms with Crippen LogP contribution in [0.4, 0.5) is 0 Å². The maximum atomic E-state index is 12.5. The van der Waals surface area contributed by atoms with E-state index in [2.05, 4.69) is 38.2 Å². The summed E-state index contributed by atoms with van der Waals surface area (Å²) in [4.78, 5) is 12.5. The van der Waals surface area contributed by atoms with Crippen molar-refractivity contribution in [1.82, 2.24) is 5.32 Å². The number of ether oxygens (including phenoxy) is 2. The van der Waals surface area contributed by atoms with Crippen LogP contribution in [-0.4, -0.2) is 12.5 Å². The molecule has 0 aliphatic rings. The van der Waals surface area contributed by atoms with Gasteiger partial charge in [-0.2, -0.15) is 0 Å². The number of carbonyl (C=O) groups excluding carboxylic acids is 1. The van der Waals surface area contributed by atoms with Crippen LogP contribution < -0.4 is 14.8 Å². The highest BCUT2D eigenvalue weighted by atomic mass is 16.5. The van der Waals surface area contributed by atoms with Crippen LogP contribution in [0.3, 0.4) is 0 Å². The van der Waals surface area contributed by atoms with Crippen molar-refractivity contribution in [3.05, 3.63) is 83.3 Å². The second-order valence-electron chi connectivity index (χ2n) is 8.08. The molecule has 158 valence electrons. The smallest absolute Gasteiger partial charge is 0.251 e. The molecule has 1 aromatic heterocycles. The van der Waals surface area contributed by atoms with Crippen molar-refractivity contribution >= 4 is 5.91 Å². The molecule has 0 unspecified atom stereocenters. The van der Waals surface area contributed by atoms with E-state index in [1.165, 1.54) is 5.56 Å². The Morgan fingerprint density at radius 2 is 1.80 bits per heavy atom. The van der Waals surface area contributed by atoms with Crippen molar-refractivity contribution in [2.75, 3.05) is 6.61 Å². The average molecular weight is 408 g/mol. The van der Waals surface area contributed by atoms with Crippen LogP contribution >= 0.6 is 0 Å². The minimum atomic E-state index is -0.176. The van der Waals surface area contributed by atoms with Gasteiger partial charge in [-0.05, 0) is 60.4 Å². The maximum Gasteiger partial charge on any atom is 0.251 e. The van der Waals surface area contributed by atoms with Gasteiger partial charge in [0.15, 0.2) is 0 Å². The molecule has 0 aliphatic carbocycles. The minimum Gasteiger partial charge on any atom is -0.493 e. The molecule has 3 rings (SSSR count). The predicted molar refractivity (Wildman–Crippen MR) is 117 cm³/mol. The van der Waals surface area contributed by atoms with Crippen LogP contribution in [0.2, 0.25) is 0 Å². The molecule has 0 spiro atoms. The Labute approximate surface area is 178 Å². The van der Waals surface area contributed by atoms with Crippen LogP contribution in [0.15, 0.2) is 65.3 Å². The number of hydrogen-bond donors (Lipinski definition) is 1. The summed E-state index contributed by atoms with van der Waals surface area (Å²) in [6.07, 6.45) is 1.59. The fourth-order valence-corrected chi connectivity index (χ4v) is 3.02. The lowest BCUT2D eigenvalue weighted by molar-refractivity contribution is 0.0948. The molecule has 0 fully saturated rings. The topological polar surface area (TPSA) is 60.7 Å². The maximum absolute atomic E-state index is 12.5. The summed E-state index contributed by atoms with van der Waals surface area (Å²) in [5.41, 5.74) is 2.71. The number of nitrogens with one attached hydrogen (secondary N) is 1. The Morgan fingerprint density at radius 1 is 1.03 bits per heavy atom. The highest BCUT2D eigenvalue weighted by molar-refractivity contribution is 5.94. The highest BCUT2D eigenvalue weighted by Crippen LogP contribution is 2.26. The Balaban J connectivity index is 1.70. The first-order chi connectivity index (χ1) is 14.4. The largest absolute Gasteiger partial charge is 0.493 e. The zero-order valence-corrected chi connectivity index (χ0v) is 18.0. The molecule has 0 aliphatic heterocycles. The van der Waals surface area contributed by atoms with Crippen molar-refractivity contribution in [2.45, 2.75) is 46.3 Å². The fraction of sp³-hybridized carbons (Fsp3) is 0.320. The third kappa shape index (κ3) is 5.66. The molecule has 0 atom stereocenters. The highest BCUT2D eigenvalue weighted by Gasteiger charge is 2.14. The second-order valence-corrected chi connectivity index (χ2v) is 8.08. The summed E-state index contributed by atoms with van der Waals surface area (Å²) >= 11 is 0. The molecule has 1 heterocycles. The van der Waals surface area contributed by atoms with Gasteiger partial charge >= 0.3 is 0 Å². The predicted octanol–water partition coefficient (Wildman–Crippen LogP) is 5.48. The molecule has 3 aromatic rings. The van der Waals surface area contributed by atoms with E-state index in [4.69, 9.17) is 13.9 Å². The van der Waals surface area contributed by atoms with Gasteiger partial charge < -0.3 is 19.2 Å². The number of carbonyl (C=O) groups is 1. The molecule has 0 radical (unpaired) electrons. The van der Waals surface area contributed by atoms with E-state index in [0.717, 1.165) is 11.3 Å². The summed E-state index contributed by atoms with van der Waals surface area (Å²) in [5.74, 6) is 2.02. The molecular formula is C25H29NO4. The van der Waals surface area contributed by atoms with Crippen molar-refractivity contribution < 1.29 is 18.7 Å². The van der Waals surface area contributed by atoms with Gasteiger partial charge in [0.05, 0.1) is 19.4 Å². The van der Waals surface area contributed by atoms with E-state index in [1.807, 2.05) is 37.3 Å². The molecular weight excluding hydrogens is 378 g/mol. The molecule has 2 aromatic carbocycles. The van der Waals surface area contributed by atoms with Crippen molar-refractivity contribution in [3.8, 4) is 11.5 Å². The molecule has 30 heavy (non-hydrogen) atoms. The van der Waals surface area contributed by atoms with Gasteiger partial charge in [-0.3, -0.25) is 4.79 Å². The van der Waals surface area contributed by atoms with Crippen LogP contribution in [0.1, 0.15) is 54.9 Å². The molecule has 0 saturated heterocycles. The zero-order chi connectivity index (χ0) is 21.6. The van der Waals surface area contributed by atoms with Crippen molar-refractivity contribution in [3.63, 3.8) is 0 Å². The van der Waals surface area contributed by atoms with Crippen LogP contribution in [0.25, 0.3) is 0 Å². The van der Waals surface area contributed by atoms with Crippen molar-refractivity contribution in [1.29, 1.82) is 0 Å². The standard InChI is InChI=1S/C25H29NO4/c1-5-28-23-13-8-18(24(27)26-16-22-7-6-14-29-22)15-19(23)17-30-21-11-9-20(10-12-21)25(2,3)4/h6-15H,5,16-17H2,1-4H3,(H,26,27). The summed E-state index contributed by atoms with van der Waals surface area (Å²) < 4.78 is 16.9. The Kier molecular flexibility index (Phi) is 6.83. The van der Waals surface area contributed by atoms with E-state index in [1.54, 1.807) is 18.4 Å². The quantitative estimate of drug-likeness (QED) is 0.537. The van der Waals surface area contributed by atoms with Crippen LogP contribution in [0, 0.1) is 0 Å². The van der Waals surface area contributed by atoms with E-state index in [-0.39, 0.29) is 11.3 Å². The first kappa shape index (κ1) is 21.5. The van der Waals surface area contributed by atoms with Gasteiger partial charge in [0, 0.05) is 11.1 Å². The summed E-state index contributed by atoms with van der Waals surface area (Å²) in [6.45, 7) is 9.66. The van der Waals surface area contributed by atoms with E-state index in [0.29, 0.717) is 36.8 Å². The third-order valence-corrected chi connectivity index (χ3v) is 4.74. The first-order valence-electron chi connectivity index (χ1n) is 10.2. The number of benzene rings is 2. The van der Waals surface area contributed by atoms with Gasteiger partial charge in [0.25, 0.3) is 5.91 Å². The lowest BCUT2D eigenvalue weighted by Crippen LogP contribution is -2.22. The lowest BCUT2D eigenvalue weighted by atomic mass is 9.87.